The lowest BCUT2D eigenvalue weighted by atomic mass is 9.69. The molecule has 0 unspecified atom stereocenters. The van der Waals surface area contributed by atoms with E-state index >= 15 is 0 Å². The average molecular weight is 622 g/mol. The van der Waals surface area contributed by atoms with Crippen molar-refractivity contribution in [2.24, 2.45) is 40.2 Å². The predicted molar refractivity (Wildman–Crippen MR) is 185 cm³/mol. The molecule has 1 aromatic carbocycles. The highest BCUT2D eigenvalue weighted by molar-refractivity contribution is 6.02. The Bertz CT molecular complexity index is 1120. The zero-order chi connectivity index (χ0) is 32.9. The molecule has 3 saturated carbocycles. The molecule has 0 spiro atoms. The van der Waals surface area contributed by atoms with Crippen LogP contribution in [0, 0.1) is 34.5 Å². The van der Waals surface area contributed by atoms with Crippen LogP contribution in [0.4, 0.5) is 5.69 Å². The molecule has 0 heterocycles. The molecule has 252 valence electrons. The second kappa shape index (κ2) is 15.0. The molecule has 0 aromatic heterocycles. The number of carbonyl (C=O) groups is 3. The number of hydrogen-bond donors (Lipinski definition) is 2. The van der Waals surface area contributed by atoms with Crippen molar-refractivity contribution in [3.8, 4) is 0 Å². The minimum absolute atomic E-state index is 0.0122. The predicted octanol–water partition coefficient (Wildman–Crippen LogP) is 9.37. The summed E-state index contributed by atoms with van der Waals surface area (Å²) in [7, 11) is 0. The van der Waals surface area contributed by atoms with Crippen LogP contribution in [0.5, 0.6) is 0 Å². The first kappa shape index (κ1) is 35.5. The van der Waals surface area contributed by atoms with Crippen LogP contribution in [0.2, 0.25) is 0 Å². The number of rotatable bonds is 9. The molecule has 0 aliphatic heterocycles. The SMILES string of the molecule is CCCC[C@H]1CC[C@@H](C(=O)Nc2cc(C(N)=O)cc(C(=O)N([C@H]3CC[C@@H](C(C)(C)C)CC3)[C@H]3CC[C@@H](C(C)(C)C)CC3)c2)CC1. The van der Waals surface area contributed by atoms with E-state index in [1.807, 2.05) is 0 Å². The van der Waals surface area contributed by atoms with E-state index in [0.717, 1.165) is 83.0 Å². The summed E-state index contributed by atoms with van der Waals surface area (Å²) in [6.07, 6.45) is 16.2. The highest BCUT2D eigenvalue weighted by Gasteiger charge is 2.40. The Hall–Kier alpha value is -2.37. The first-order valence-corrected chi connectivity index (χ1v) is 18.3. The van der Waals surface area contributed by atoms with E-state index in [4.69, 9.17) is 5.73 Å². The summed E-state index contributed by atoms with van der Waals surface area (Å²) in [5.41, 5.74) is 7.54. The largest absolute Gasteiger partial charge is 0.366 e. The van der Waals surface area contributed by atoms with Gasteiger partial charge in [-0.15, -0.1) is 0 Å². The standard InChI is InChI=1S/C39H63N3O3/c1-8-9-10-26-11-13-27(14-12-26)36(44)41-32-24-28(35(40)43)23-29(25-32)37(45)42(33-19-15-30(16-20-33)38(2,3)4)34-21-17-31(18-22-34)39(5,6)7/h23-27,30-31,33-34H,8-22H2,1-7H3,(H2,40,43)(H,41,44)/t26-,27+,30-,31-,33+,34+. The summed E-state index contributed by atoms with van der Waals surface area (Å²) in [6, 6.07) is 5.44. The van der Waals surface area contributed by atoms with Gasteiger partial charge in [0.15, 0.2) is 0 Å². The fourth-order valence-corrected chi connectivity index (χ4v) is 8.63. The van der Waals surface area contributed by atoms with Gasteiger partial charge in [-0.1, -0.05) is 67.7 Å². The molecule has 0 atom stereocenters. The van der Waals surface area contributed by atoms with Crippen LogP contribution >= 0.6 is 0 Å². The number of nitrogens with one attached hydrogen (secondary N) is 1. The molecule has 0 bridgehead atoms. The average Bonchev–Trinajstić information content (AvgIpc) is 2.99. The van der Waals surface area contributed by atoms with Crippen LogP contribution in [-0.4, -0.2) is 34.7 Å². The van der Waals surface area contributed by atoms with Crippen molar-refractivity contribution in [2.45, 2.75) is 157 Å². The number of anilines is 1. The van der Waals surface area contributed by atoms with Gasteiger partial charge in [0.1, 0.15) is 0 Å². The topological polar surface area (TPSA) is 92.5 Å². The Balaban J connectivity index is 1.55. The third-order valence-electron chi connectivity index (χ3n) is 11.8. The van der Waals surface area contributed by atoms with E-state index < -0.39 is 5.91 Å². The number of unbranched alkanes of at least 4 members (excludes halogenated alkanes) is 1. The van der Waals surface area contributed by atoms with Gasteiger partial charge >= 0.3 is 0 Å². The van der Waals surface area contributed by atoms with Crippen LogP contribution in [0.15, 0.2) is 18.2 Å². The molecule has 3 aliphatic rings. The second-order valence-corrected chi connectivity index (χ2v) is 17.0. The van der Waals surface area contributed by atoms with Gasteiger partial charge in [0.2, 0.25) is 11.8 Å². The van der Waals surface area contributed by atoms with Crippen LogP contribution < -0.4 is 11.1 Å². The van der Waals surface area contributed by atoms with Crippen molar-refractivity contribution in [3.63, 3.8) is 0 Å². The monoisotopic (exact) mass is 621 g/mol. The fourth-order valence-electron chi connectivity index (χ4n) is 8.63. The van der Waals surface area contributed by atoms with Gasteiger partial charge in [-0.2, -0.15) is 0 Å². The normalized spacial score (nSPS) is 27.9. The van der Waals surface area contributed by atoms with Gasteiger partial charge in [0.05, 0.1) is 0 Å². The molecule has 3 amide bonds. The summed E-state index contributed by atoms with van der Waals surface area (Å²) < 4.78 is 0. The molecule has 6 heteroatoms. The van der Waals surface area contributed by atoms with Crippen molar-refractivity contribution in [2.75, 3.05) is 5.32 Å². The Morgan fingerprint density at radius 3 is 1.67 bits per heavy atom. The maximum atomic E-state index is 14.6. The van der Waals surface area contributed by atoms with Gasteiger partial charge in [0, 0.05) is 34.8 Å². The lowest BCUT2D eigenvalue weighted by Gasteiger charge is -2.47. The van der Waals surface area contributed by atoms with E-state index in [2.05, 4.69) is 58.7 Å². The van der Waals surface area contributed by atoms with Crippen LogP contribution in [0.1, 0.15) is 165 Å². The first-order chi connectivity index (χ1) is 21.2. The number of amides is 3. The first-order valence-electron chi connectivity index (χ1n) is 18.3. The maximum absolute atomic E-state index is 14.6. The Kier molecular flexibility index (Phi) is 11.8. The van der Waals surface area contributed by atoms with Crippen molar-refractivity contribution < 1.29 is 14.4 Å². The number of nitrogens with two attached hydrogens (primary N) is 1. The minimum Gasteiger partial charge on any atom is -0.366 e. The molecule has 0 saturated heterocycles. The highest BCUT2D eigenvalue weighted by Crippen LogP contribution is 2.43. The van der Waals surface area contributed by atoms with Gasteiger partial charge in [-0.3, -0.25) is 14.4 Å². The van der Waals surface area contributed by atoms with E-state index in [1.54, 1.807) is 18.2 Å². The van der Waals surface area contributed by atoms with Gasteiger partial charge in [-0.25, -0.2) is 0 Å². The van der Waals surface area contributed by atoms with E-state index in [-0.39, 0.29) is 46.2 Å². The van der Waals surface area contributed by atoms with Gasteiger partial charge in [0.25, 0.3) is 5.91 Å². The van der Waals surface area contributed by atoms with Crippen molar-refractivity contribution in [3.05, 3.63) is 29.3 Å². The zero-order valence-corrected chi connectivity index (χ0v) is 29.6. The molecular weight excluding hydrogens is 558 g/mol. The van der Waals surface area contributed by atoms with E-state index in [1.165, 1.54) is 19.3 Å². The summed E-state index contributed by atoms with van der Waals surface area (Å²) >= 11 is 0. The third-order valence-corrected chi connectivity index (χ3v) is 11.8. The van der Waals surface area contributed by atoms with E-state index in [9.17, 15) is 14.4 Å². The molecule has 3 aliphatic carbocycles. The fraction of sp³-hybridized carbons (Fsp3) is 0.769. The lowest BCUT2D eigenvalue weighted by molar-refractivity contribution is -0.121. The van der Waals surface area contributed by atoms with Crippen LogP contribution in [0.25, 0.3) is 0 Å². The Morgan fingerprint density at radius 1 is 0.733 bits per heavy atom. The second-order valence-electron chi connectivity index (χ2n) is 17.0. The van der Waals surface area contributed by atoms with Gasteiger partial charge in [-0.05, 0) is 124 Å². The molecule has 0 radical (unpaired) electrons. The van der Waals surface area contributed by atoms with Crippen LogP contribution in [0.3, 0.4) is 0 Å². The van der Waals surface area contributed by atoms with Crippen molar-refractivity contribution >= 4 is 23.4 Å². The molecule has 1 aromatic rings. The van der Waals surface area contributed by atoms with Crippen molar-refractivity contribution in [1.82, 2.24) is 4.90 Å². The molecule has 3 fully saturated rings. The van der Waals surface area contributed by atoms with Crippen molar-refractivity contribution in [1.29, 1.82) is 0 Å². The maximum Gasteiger partial charge on any atom is 0.254 e. The number of hydrogen-bond acceptors (Lipinski definition) is 3. The minimum atomic E-state index is -0.584. The summed E-state index contributed by atoms with van der Waals surface area (Å²) in [5, 5.41) is 3.09. The number of nitrogens with zero attached hydrogens (tertiary/aromatic N) is 1. The number of benzene rings is 1. The highest BCUT2D eigenvalue weighted by atomic mass is 16.2. The molecule has 6 nitrogen and oxygen atoms in total. The summed E-state index contributed by atoms with van der Waals surface area (Å²) in [4.78, 5) is 42.6. The zero-order valence-electron chi connectivity index (χ0n) is 29.6. The third kappa shape index (κ3) is 9.35. The number of primary amides is 1. The summed E-state index contributed by atoms with van der Waals surface area (Å²) in [5.74, 6) is 1.38. The van der Waals surface area contributed by atoms with E-state index in [0.29, 0.717) is 23.1 Å². The lowest BCUT2D eigenvalue weighted by Crippen LogP contribution is -2.50. The van der Waals surface area contributed by atoms with Crippen LogP contribution in [-0.2, 0) is 4.79 Å². The molecule has 3 N–H and O–H groups in total. The van der Waals surface area contributed by atoms with Gasteiger partial charge < -0.3 is 16.0 Å². The smallest absolute Gasteiger partial charge is 0.254 e. The molecular formula is C39H63N3O3. The summed E-state index contributed by atoms with van der Waals surface area (Å²) in [6.45, 7) is 16.2. The Labute approximate surface area is 274 Å². The molecule has 4 rings (SSSR count). The Morgan fingerprint density at radius 2 is 1.22 bits per heavy atom. The molecule has 45 heavy (non-hydrogen) atoms. The number of carbonyl (C=O) groups excluding carboxylic acids is 3. The quantitative estimate of drug-likeness (QED) is 0.288.